The summed E-state index contributed by atoms with van der Waals surface area (Å²) in [6.07, 6.45) is 2.31. The van der Waals surface area contributed by atoms with Gasteiger partial charge in [-0.05, 0) is 31.8 Å². The van der Waals surface area contributed by atoms with Crippen molar-refractivity contribution in [1.29, 1.82) is 0 Å². The molecule has 2 aliphatic heterocycles. The van der Waals surface area contributed by atoms with Crippen molar-refractivity contribution in [1.82, 2.24) is 14.7 Å². The van der Waals surface area contributed by atoms with Crippen LogP contribution in [0.4, 0.5) is 0 Å². The van der Waals surface area contributed by atoms with E-state index in [4.69, 9.17) is 5.73 Å². The number of nitrogens with zero attached hydrogens (tertiary/aromatic N) is 3. The third-order valence-electron chi connectivity index (χ3n) is 4.37. The summed E-state index contributed by atoms with van der Waals surface area (Å²) in [7, 11) is 0. The van der Waals surface area contributed by atoms with E-state index in [2.05, 4.69) is 4.90 Å². The van der Waals surface area contributed by atoms with Crippen molar-refractivity contribution < 1.29 is 9.59 Å². The van der Waals surface area contributed by atoms with E-state index < -0.39 is 0 Å². The van der Waals surface area contributed by atoms with Gasteiger partial charge in [-0.3, -0.25) is 14.5 Å². The third-order valence-corrected chi connectivity index (χ3v) is 4.37. The van der Waals surface area contributed by atoms with Gasteiger partial charge in [0.1, 0.15) is 0 Å². The van der Waals surface area contributed by atoms with Gasteiger partial charge >= 0.3 is 0 Å². The van der Waals surface area contributed by atoms with E-state index in [1.807, 2.05) is 4.90 Å². The van der Waals surface area contributed by atoms with Crippen molar-refractivity contribution in [2.24, 2.45) is 11.7 Å². The molecule has 6 nitrogen and oxygen atoms in total. The summed E-state index contributed by atoms with van der Waals surface area (Å²) in [5, 5.41) is 0. The molecule has 0 saturated carbocycles. The van der Waals surface area contributed by atoms with Crippen LogP contribution in [0.2, 0.25) is 0 Å². The van der Waals surface area contributed by atoms with Crippen LogP contribution >= 0.6 is 12.4 Å². The predicted octanol–water partition coefficient (Wildman–Crippen LogP) is -0.230. The SMILES string of the molecule is CC(=O)N1CCN(C(=O)CN2CCCC(CN)C2)CC1.Cl. The summed E-state index contributed by atoms with van der Waals surface area (Å²) in [5.41, 5.74) is 5.72. The van der Waals surface area contributed by atoms with Gasteiger partial charge in [-0.2, -0.15) is 0 Å². The number of hydrogen-bond acceptors (Lipinski definition) is 4. The predicted molar refractivity (Wildman–Crippen MR) is 84.3 cm³/mol. The molecule has 0 bridgehead atoms. The van der Waals surface area contributed by atoms with Gasteiger partial charge in [-0.1, -0.05) is 0 Å². The molecule has 2 aliphatic rings. The molecule has 2 saturated heterocycles. The Balaban J connectivity index is 0.00000220. The van der Waals surface area contributed by atoms with Gasteiger partial charge in [0.05, 0.1) is 6.54 Å². The fraction of sp³-hybridized carbons (Fsp3) is 0.857. The molecule has 0 aromatic heterocycles. The van der Waals surface area contributed by atoms with Gasteiger partial charge in [-0.15, -0.1) is 12.4 Å². The fourth-order valence-corrected chi connectivity index (χ4v) is 3.05. The molecule has 1 atom stereocenters. The number of hydrogen-bond donors (Lipinski definition) is 1. The highest BCUT2D eigenvalue weighted by Gasteiger charge is 2.25. The van der Waals surface area contributed by atoms with Gasteiger partial charge in [-0.25, -0.2) is 0 Å². The van der Waals surface area contributed by atoms with Crippen molar-refractivity contribution in [3.05, 3.63) is 0 Å². The summed E-state index contributed by atoms with van der Waals surface area (Å²) in [6, 6.07) is 0. The Morgan fingerprint density at radius 3 is 2.29 bits per heavy atom. The third kappa shape index (κ3) is 5.13. The number of rotatable bonds is 3. The van der Waals surface area contributed by atoms with Crippen LogP contribution in [0.15, 0.2) is 0 Å². The maximum Gasteiger partial charge on any atom is 0.236 e. The van der Waals surface area contributed by atoms with Crippen molar-refractivity contribution in [3.63, 3.8) is 0 Å². The van der Waals surface area contributed by atoms with E-state index in [1.165, 1.54) is 6.42 Å². The second-order valence-corrected chi connectivity index (χ2v) is 5.87. The molecule has 122 valence electrons. The van der Waals surface area contributed by atoms with Crippen molar-refractivity contribution in [3.8, 4) is 0 Å². The minimum absolute atomic E-state index is 0. The lowest BCUT2D eigenvalue weighted by Crippen LogP contribution is -2.53. The van der Waals surface area contributed by atoms with Gasteiger partial charge < -0.3 is 15.5 Å². The van der Waals surface area contributed by atoms with Crippen molar-refractivity contribution >= 4 is 24.2 Å². The van der Waals surface area contributed by atoms with Crippen LogP contribution in [0.3, 0.4) is 0 Å². The molecule has 2 amide bonds. The van der Waals surface area contributed by atoms with Crippen LogP contribution in [-0.4, -0.2) is 78.9 Å². The number of amides is 2. The summed E-state index contributed by atoms with van der Waals surface area (Å²) in [4.78, 5) is 29.5. The zero-order chi connectivity index (χ0) is 14.5. The van der Waals surface area contributed by atoms with Crippen LogP contribution in [0.25, 0.3) is 0 Å². The minimum Gasteiger partial charge on any atom is -0.339 e. The molecule has 0 aromatic carbocycles. The van der Waals surface area contributed by atoms with Gasteiger partial charge in [0.15, 0.2) is 0 Å². The lowest BCUT2D eigenvalue weighted by molar-refractivity contribution is -0.139. The van der Waals surface area contributed by atoms with E-state index in [1.54, 1.807) is 11.8 Å². The second kappa shape index (κ2) is 8.56. The molecule has 0 spiro atoms. The maximum atomic E-state index is 12.3. The smallest absolute Gasteiger partial charge is 0.236 e. The van der Waals surface area contributed by atoms with Gasteiger partial charge in [0, 0.05) is 39.6 Å². The molecule has 2 heterocycles. The monoisotopic (exact) mass is 318 g/mol. The highest BCUT2D eigenvalue weighted by Crippen LogP contribution is 2.15. The first-order valence-corrected chi connectivity index (χ1v) is 7.56. The molecule has 21 heavy (non-hydrogen) atoms. The lowest BCUT2D eigenvalue weighted by Gasteiger charge is -2.37. The topological polar surface area (TPSA) is 69.9 Å². The Morgan fingerprint density at radius 1 is 1.10 bits per heavy atom. The molecule has 2 fully saturated rings. The first-order valence-electron chi connectivity index (χ1n) is 7.56. The number of halogens is 1. The number of nitrogens with two attached hydrogens (primary N) is 1. The van der Waals surface area contributed by atoms with E-state index >= 15 is 0 Å². The fourth-order valence-electron chi connectivity index (χ4n) is 3.05. The average molecular weight is 319 g/mol. The van der Waals surface area contributed by atoms with Crippen LogP contribution in [0, 0.1) is 5.92 Å². The van der Waals surface area contributed by atoms with Crippen molar-refractivity contribution in [2.45, 2.75) is 19.8 Å². The number of carbonyl (C=O) groups is 2. The number of piperidine rings is 1. The standard InChI is InChI=1S/C14H26N4O2.ClH/c1-12(19)17-5-7-18(8-6-17)14(20)11-16-4-2-3-13(9-15)10-16;/h13H,2-11,15H2,1H3;1H. The van der Waals surface area contributed by atoms with Crippen LogP contribution < -0.4 is 5.73 Å². The largest absolute Gasteiger partial charge is 0.339 e. The Kier molecular flexibility index (Phi) is 7.42. The highest BCUT2D eigenvalue weighted by molar-refractivity contribution is 5.85. The minimum atomic E-state index is 0. The summed E-state index contributed by atoms with van der Waals surface area (Å²) >= 11 is 0. The molecular weight excluding hydrogens is 292 g/mol. The van der Waals surface area contributed by atoms with Gasteiger partial charge in [0.2, 0.25) is 11.8 Å². The van der Waals surface area contributed by atoms with E-state index in [0.29, 0.717) is 45.2 Å². The normalized spacial score (nSPS) is 23.6. The highest BCUT2D eigenvalue weighted by atomic mass is 35.5. The second-order valence-electron chi connectivity index (χ2n) is 5.87. The quantitative estimate of drug-likeness (QED) is 0.780. The molecule has 1 unspecified atom stereocenters. The zero-order valence-corrected chi connectivity index (χ0v) is 13.6. The van der Waals surface area contributed by atoms with Gasteiger partial charge in [0.25, 0.3) is 0 Å². The van der Waals surface area contributed by atoms with Crippen molar-refractivity contribution in [2.75, 3.05) is 52.4 Å². The van der Waals surface area contributed by atoms with Crippen LogP contribution in [0.1, 0.15) is 19.8 Å². The molecule has 2 rings (SSSR count). The molecule has 0 aromatic rings. The van der Waals surface area contributed by atoms with Crippen LogP contribution in [0.5, 0.6) is 0 Å². The maximum absolute atomic E-state index is 12.3. The Bertz CT molecular complexity index is 359. The Labute approximate surface area is 133 Å². The molecular formula is C14H27ClN4O2. The first-order chi connectivity index (χ1) is 9.60. The zero-order valence-electron chi connectivity index (χ0n) is 12.8. The van der Waals surface area contributed by atoms with E-state index in [0.717, 1.165) is 19.5 Å². The number of piperazine rings is 1. The molecule has 7 heteroatoms. The number of carbonyl (C=O) groups excluding carboxylic acids is 2. The van der Waals surface area contributed by atoms with Crippen LogP contribution in [-0.2, 0) is 9.59 Å². The van der Waals surface area contributed by atoms with E-state index in [9.17, 15) is 9.59 Å². The lowest BCUT2D eigenvalue weighted by atomic mass is 9.98. The Morgan fingerprint density at radius 2 is 1.71 bits per heavy atom. The summed E-state index contributed by atoms with van der Waals surface area (Å²) in [6.45, 7) is 7.36. The average Bonchev–Trinajstić information content (AvgIpc) is 2.47. The molecule has 0 aliphatic carbocycles. The summed E-state index contributed by atoms with van der Waals surface area (Å²) in [5.74, 6) is 0.816. The Hall–Kier alpha value is -0.850. The van der Waals surface area contributed by atoms with E-state index in [-0.39, 0.29) is 24.2 Å². The molecule has 0 radical (unpaired) electrons. The molecule has 2 N–H and O–H groups in total. The first kappa shape index (κ1) is 18.2. The number of likely N-dealkylation sites (tertiary alicyclic amines) is 1. The summed E-state index contributed by atoms with van der Waals surface area (Å²) < 4.78 is 0.